The van der Waals surface area contributed by atoms with Gasteiger partial charge in [-0.3, -0.25) is 4.79 Å². The molecule has 1 N–H and O–H groups in total. The van der Waals surface area contributed by atoms with Gasteiger partial charge in [0.1, 0.15) is 4.47 Å². The third kappa shape index (κ3) is 3.20. The summed E-state index contributed by atoms with van der Waals surface area (Å²) in [5.74, 6) is 0. The molecular formula is C11H16BrN3O. The van der Waals surface area contributed by atoms with Gasteiger partial charge in [0.25, 0.3) is 5.56 Å². The van der Waals surface area contributed by atoms with E-state index in [1.54, 1.807) is 6.20 Å². The van der Waals surface area contributed by atoms with Gasteiger partial charge in [-0.2, -0.15) is 5.10 Å². The molecule has 0 saturated heterocycles. The maximum Gasteiger partial charge on any atom is 0.283 e. The van der Waals surface area contributed by atoms with Crippen molar-refractivity contribution in [2.24, 2.45) is 0 Å². The Morgan fingerprint density at radius 2 is 2.31 bits per heavy atom. The van der Waals surface area contributed by atoms with Gasteiger partial charge < -0.3 is 5.32 Å². The first-order valence-electron chi connectivity index (χ1n) is 5.19. The molecule has 88 valence electrons. The number of aromatic nitrogens is 2. The lowest BCUT2D eigenvalue weighted by atomic mass is 10.3. The van der Waals surface area contributed by atoms with E-state index in [1.165, 1.54) is 10.3 Å². The summed E-state index contributed by atoms with van der Waals surface area (Å²) < 4.78 is 1.95. The Kier molecular flexibility index (Phi) is 4.73. The predicted molar refractivity (Wildman–Crippen MR) is 69.8 cm³/mol. The molecule has 5 heteroatoms. The topological polar surface area (TPSA) is 46.9 Å². The molecule has 0 aromatic carbocycles. The van der Waals surface area contributed by atoms with Crippen molar-refractivity contribution >= 4 is 21.6 Å². The largest absolute Gasteiger partial charge is 0.379 e. The van der Waals surface area contributed by atoms with Crippen LogP contribution in [-0.2, 0) is 6.54 Å². The molecule has 16 heavy (non-hydrogen) atoms. The third-order valence-electron chi connectivity index (χ3n) is 2.09. The Bertz CT molecular complexity index is 447. The number of halogens is 1. The number of anilines is 1. The van der Waals surface area contributed by atoms with Gasteiger partial charge >= 0.3 is 0 Å². The van der Waals surface area contributed by atoms with Gasteiger partial charge in [-0.25, -0.2) is 4.68 Å². The highest BCUT2D eigenvalue weighted by molar-refractivity contribution is 9.10. The number of rotatable bonds is 4. The van der Waals surface area contributed by atoms with E-state index in [-0.39, 0.29) is 5.56 Å². The van der Waals surface area contributed by atoms with Crippen LogP contribution in [0.1, 0.15) is 20.8 Å². The maximum atomic E-state index is 11.7. The Labute approximate surface area is 103 Å². The molecule has 0 atom stereocenters. The van der Waals surface area contributed by atoms with Crippen LogP contribution in [-0.4, -0.2) is 16.3 Å². The second-order valence-electron chi connectivity index (χ2n) is 3.66. The van der Waals surface area contributed by atoms with Crippen LogP contribution in [0.4, 0.5) is 5.69 Å². The maximum absolute atomic E-state index is 11.7. The van der Waals surface area contributed by atoms with Crippen molar-refractivity contribution in [3.63, 3.8) is 0 Å². The second kappa shape index (κ2) is 5.84. The fourth-order valence-electron chi connectivity index (χ4n) is 1.18. The van der Waals surface area contributed by atoms with Crippen LogP contribution >= 0.6 is 15.9 Å². The summed E-state index contributed by atoms with van der Waals surface area (Å²) in [5, 5.41) is 7.18. The Morgan fingerprint density at radius 3 is 2.88 bits per heavy atom. The van der Waals surface area contributed by atoms with Crippen LogP contribution < -0.4 is 10.9 Å². The first-order valence-corrected chi connectivity index (χ1v) is 5.98. The molecule has 0 unspecified atom stereocenters. The summed E-state index contributed by atoms with van der Waals surface area (Å²) in [6.45, 7) is 7.22. The minimum Gasteiger partial charge on any atom is -0.379 e. The number of nitrogens with zero attached hydrogens (tertiary/aromatic N) is 2. The summed E-state index contributed by atoms with van der Waals surface area (Å²) in [4.78, 5) is 11.7. The number of aryl methyl sites for hydroxylation is 1. The lowest BCUT2D eigenvalue weighted by molar-refractivity contribution is 0.613. The molecule has 0 aliphatic heterocycles. The molecule has 0 spiro atoms. The van der Waals surface area contributed by atoms with Crippen LogP contribution in [0.25, 0.3) is 0 Å². The molecule has 1 heterocycles. The van der Waals surface area contributed by atoms with Crippen molar-refractivity contribution in [1.29, 1.82) is 0 Å². The molecular weight excluding hydrogens is 270 g/mol. The van der Waals surface area contributed by atoms with Crippen LogP contribution in [0.15, 0.2) is 27.1 Å². The lowest BCUT2D eigenvalue weighted by Gasteiger charge is -2.07. The minimum atomic E-state index is -0.107. The Morgan fingerprint density at radius 1 is 1.62 bits per heavy atom. The van der Waals surface area contributed by atoms with Gasteiger partial charge in [0.15, 0.2) is 0 Å². The van der Waals surface area contributed by atoms with Crippen LogP contribution in [0.2, 0.25) is 0 Å². The molecule has 0 amide bonds. The lowest BCUT2D eigenvalue weighted by Crippen LogP contribution is -2.23. The van der Waals surface area contributed by atoms with Crippen molar-refractivity contribution < 1.29 is 0 Å². The molecule has 1 aromatic rings. The van der Waals surface area contributed by atoms with Crippen LogP contribution in [0.5, 0.6) is 0 Å². The summed E-state index contributed by atoms with van der Waals surface area (Å²) in [7, 11) is 0. The summed E-state index contributed by atoms with van der Waals surface area (Å²) in [6, 6.07) is 0. The fraction of sp³-hybridized carbons (Fsp3) is 0.455. The van der Waals surface area contributed by atoms with Crippen molar-refractivity contribution in [1.82, 2.24) is 9.78 Å². The summed E-state index contributed by atoms with van der Waals surface area (Å²) in [5.41, 5.74) is 1.86. The molecule has 4 nitrogen and oxygen atoms in total. The first-order chi connectivity index (χ1) is 7.56. The van der Waals surface area contributed by atoms with Crippen molar-refractivity contribution in [3.05, 3.63) is 32.7 Å². The van der Waals surface area contributed by atoms with Crippen molar-refractivity contribution in [3.8, 4) is 0 Å². The summed E-state index contributed by atoms with van der Waals surface area (Å²) in [6.07, 6.45) is 3.71. The molecule has 0 aliphatic carbocycles. The fourth-order valence-corrected chi connectivity index (χ4v) is 1.63. The monoisotopic (exact) mass is 285 g/mol. The number of nitrogens with one attached hydrogen (secondary N) is 1. The third-order valence-corrected chi connectivity index (χ3v) is 2.85. The average molecular weight is 286 g/mol. The molecule has 0 bridgehead atoms. The van der Waals surface area contributed by atoms with Crippen LogP contribution in [0.3, 0.4) is 0 Å². The standard InChI is InChI=1S/C11H16BrN3O/c1-4-15-11(16)10(12)9(7-14-15)13-6-5-8(2)3/h5,7,13H,4,6H2,1-3H3. The van der Waals surface area contributed by atoms with E-state index < -0.39 is 0 Å². The normalized spacial score (nSPS) is 10.0. The molecule has 1 aromatic heterocycles. The zero-order chi connectivity index (χ0) is 12.1. The van der Waals surface area contributed by atoms with E-state index in [9.17, 15) is 4.79 Å². The molecule has 0 radical (unpaired) electrons. The quantitative estimate of drug-likeness (QED) is 0.865. The minimum absolute atomic E-state index is 0.107. The van der Waals surface area contributed by atoms with Gasteiger partial charge in [0.05, 0.1) is 11.9 Å². The first kappa shape index (κ1) is 13.0. The number of hydrogen-bond donors (Lipinski definition) is 1. The van der Waals surface area contributed by atoms with Crippen LogP contribution in [0, 0.1) is 0 Å². The van der Waals surface area contributed by atoms with E-state index in [0.29, 0.717) is 17.6 Å². The highest BCUT2D eigenvalue weighted by Gasteiger charge is 2.06. The SMILES string of the molecule is CCn1ncc(NCC=C(C)C)c(Br)c1=O. The second-order valence-corrected chi connectivity index (χ2v) is 4.45. The van der Waals surface area contributed by atoms with Gasteiger partial charge in [-0.1, -0.05) is 11.6 Å². The van der Waals surface area contributed by atoms with E-state index in [0.717, 1.165) is 5.69 Å². The molecule has 0 saturated carbocycles. The predicted octanol–water partition coefficient (Wildman–Crippen LogP) is 2.40. The van der Waals surface area contributed by atoms with E-state index >= 15 is 0 Å². The highest BCUT2D eigenvalue weighted by Crippen LogP contribution is 2.15. The van der Waals surface area contributed by atoms with E-state index in [4.69, 9.17) is 0 Å². The Balaban J connectivity index is 2.87. The number of hydrogen-bond acceptors (Lipinski definition) is 3. The average Bonchev–Trinajstić information content (AvgIpc) is 2.24. The molecule has 0 fully saturated rings. The van der Waals surface area contributed by atoms with Gasteiger partial charge in [-0.15, -0.1) is 0 Å². The van der Waals surface area contributed by atoms with E-state index in [1.807, 2.05) is 20.8 Å². The van der Waals surface area contributed by atoms with E-state index in [2.05, 4.69) is 32.4 Å². The van der Waals surface area contributed by atoms with Gasteiger partial charge in [-0.05, 0) is 36.7 Å². The smallest absolute Gasteiger partial charge is 0.283 e. The highest BCUT2D eigenvalue weighted by atomic mass is 79.9. The van der Waals surface area contributed by atoms with Gasteiger partial charge in [0, 0.05) is 13.1 Å². The van der Waals surface area contributed by atoms with Crippen molar-refractivity contribution in [2.45, 2.75) is 27.3 Å². The Hall–Kier alpha value is -1.10. The zero-order valence-electron chi connectivity index (χ0n) is 9.75. The van der Waals surface area contributed by atoms with Gasteiger partial charge in [0.2, 0.25) is 0 Å². The summed E-state index contributed by atoms with van der Waals surface area (Å²) >= 11 is 3.28. The zero-order valence-corrected chi connectivity index (χ0v) is 11.3. The molecule has 1 rings (SSSR count). The number of allylic oxidation sites excluding steroid dienone is 1. The van der Waals surface area contributed by atoms with Crippen molar-refractivity contribution in [2.75, 3.05) is 11.9 Å². The molecule has 0 aliphatic rings.